The van der Waals surface area contributed by atoms with E-state index in [0.717, 1.165) is 27.2 Å². The highest BCUT2D eigenvalue weighted by atomic mass is 32.2. The van der Waals surface area contributed by atoms with Crippen molar-refractivity contribution in [1.82, 2.24) is 0 Å². The number of hydrogen-bond donors (Lipinski definition) is 1. The Kier molecular flexibility index (Phi) is 9.94. The van der Waals surface area contributed by atoms with Gasteiger partial charge in [-0.25, -0.2) is 4.79 Å². The van der Waals surface area contributed by atoms with Gasteiger partial charge in [0.25, 0.3) is 0 Å². The van der Waals surface area contributed by atoms with Crippen molar-refractivity contribution in [2.45, 2.75) is 73.4 Å². The molecule has 12 heteroatoms. The minimum atomic E-state index is -5.72. The summed E-state index contributed by atoms with van der Waals surface area (Å²) in [4.78, 5) is 15.5. The summed E-state index contributed by atoms with van der Waals surface area (Å²) in [6, 6.07) is 21.9. The lowest BCUT2D eigenvalue weighted by Gasteiger charge is -2.41. The zero-order valence-corrected chi connectivity index (χ0v) is 27.1. The van der Waals surface area contributed by atoms with Crippen LogP contribution in [-0.4, -0.2) is 50.1 Å². The summed E-state index contributed by atoms with van der Waals surface area (Å²) >= 11 is 0. The highest BCUT2D eigenvalue weighted by Crippen LogP contribution is 2.39. The molecule has 0 saturated carbocycles. The van der Waals surface area contributed by atoms with Crippen LogP contribution in [0.25, 0.3) is 0 Å². The lowest BCUT2D eigenvalue weighted by Crippen LogP contribution is -2.43. The van der Waals surface area contributed by atoms with Crippen LogP contribution < -0.4 is 4.74 Å². The summed E-state index contributed by atoms with van der Waals surface area (Å²) in [5.41, 5.74) is 2.12. The Bertz CT molecular complexity index is 1560. The molecule has 1 saturated heterocycles. The average Bonchev–Trinajstić information content (AvgIpc) is 2.96. The predicted molar refractivity (Wildman–Crippen MR) is 162 cm³/mol. The van der Waals surface area contributed by atoms with Crippen molar-refractivity contribution in [3.8, 4) is 5.75 Å². The molecule has 1 heterocycles. The number of rotatable bonds is 10. The zero-order valence-electron chi connectivity index (χ0n) is 25.4. The second-order valence-electron chi connectivity index (χ2n) is 11.7. The Hall–Kier alpha value is -2.87. The fourth-order valence-corrected chi connectivity index (χ4v) is 7.34. The average molecular weight is 652 g/mol. The Balaban J connectivity index is 1.57. The molecule has 0 amide bonds. The van der Waals surface area contributed by atoms with Crippen LogP contribution >= 0.6 is 0 Å². The van der Waals surface area contributed by atoms with E-state index in [1.165, 1.54) is 0 Å². The van der Waals surface area contributed by atoms with Gasteiger partial charge < -0.3 is 18.9 Å². The molecule has 238 valence electrons. The monoisotopic (exact) mass is 651 g/mol. The smallest absolute Gasteiger partial charge is 0.394 e. The quantitative estimate of drug-likeness (QED) is 0.116. The van der Waals surface area contributed by atoms with E-state index in [1.54, 1.807) is 13.8 Å². The Morgan fingerprint density at radius 2 is 1.48 bits per heavy atom. The summed E-state index contributed by atoms with van der Waals surface area (Å²) in [6.45, 7) is 10.6. The van der Waals surface area contributed by atoms with E-state index in [9.17, 15) is 22.0 Å². The topological polar surface area (TPSA) is 108 Å². The number of hydrogen-bond acceptors (Lipinski definition) is 7. The summed E-state index contributed by atoms with van der Waals surface area (Å²) in [5.74, 6) is -1.60. The van der Waals surface area contributed by atoms with E-state index < -0.39 is 50.7 Å². The van der Waals surface area contributed by atoms with Crippen LogP contribution in [0.1, 0.15) is 44.4 Å². The van der Waals surface area contributed by atoms with Gasteiger partial charge in [0, 0.05) is 23.1 Å². The number of halogens is 2. The summed E-state index contributed by atoms with van der Waals surface area (Å²) in [6.07, 6.45) is -2.28. The van der Waals surface area contributed by atoms with Crippen LogP contribution in [0.15, 0.2) is 81.4 Å². The van der Waals surface area contributed by atoms with E-state index in [4.69, 9.17) is 23.5 Å². The maximum absolute atomic E-state index is 13.8. The van der Waals surface area contributed by atoms with Crippen LogP contribution in [0.4, 0.5) is 8.78 Å². The number of alkyl halides is 2. The third kappa shape index (κ3) is 7.49. The van der Waals surface area contributed by atoms with Gasteiger partial charge in [0.15, 0.2) is 20.5 Å². The highest BCUT2D eigenvalue weighted by Gasteiger charge is 2.50. The van der Waals surface area contributed by atoms with Crippen molar-refractivity contribution in [2.75, 3.05) is 19.8 Å². The lowest BCUT2D eigenvalue weighted by molar-refractivity contribution is -0.298. The van der Waals surface area contributed by atoms with Crippen molar-refractivity contribution in [2.24, 2.45) is 5.41 Å². The van der Waals surface area contributed by atoms with Gasteiger partial charge in [-0.1, -0.05) is 32.0 Å². The Morgan fingerprint density at radius 3 is 2.00 bits per heavy atom. The normalized spacial score (nSPS) is 17.9. The molecule has 0 aliphatic carbocycles. The molecule has 1 fully saturated rings. The highest BCUT2D eigenvalue weighted by molar-refractivity contribution is 7.97. The molecule has 2 unspecified atom stereocenters. The van der Waals surface area contributed by atoms with Gasteiger partial charge in [-0.3, -0.25) is 4.55 Å². The fourth-order valence-electron chi connectivity index (χ4n) is 4.61. The van der Waals surface area contributed by atoms with Crippen LogP contribution in [0.2, 0.25) is 0 Å². The number of aryl methyl sites for hydroxylation is 2. The SMILES string of the molecule is Cc1cc([S+](c2ccccc2)c2ccc(C3(C)OCC(C)(C)CO3)cc2)cc(C)c1OC(=O)COC(C)C(F)(F)S(=O)(=O)O. The van der Waals surface area contributed by atoms with E-state index in [0.29, 0.717) is 24.3 Å². The van der Waals surface area contributed by atoms with E-state index in [2.05, 4.69) is 26.0 Å². The molecule has 1 aliphatic heterocycles. The number of carbonyl (C=O) groups is 1. The van der Waals surface area contributed by atoms with Gasteiger partial charge in [-0.2, -0.15) is 17.2 Å². The van der Waals surface area contributed by atoms with E-state index in [1.807, 2.05) is 61.5 Å². The van der Waals surface area contributed by atoms with E-state index in [-0.39, 0.29) is 11.2 Å². The molecular weight excluding hydrogens is 614 g/mol. The largest absolute Gasteiger partial charge is 0.424 e. The molecule has 44 heavy (non-hydrogen) atoms. The molecule has 2 atom stereocenters. The molecule has 0 spiro atoms. The van der Waals surface area contributed by atoms with Crippen LogP contribution in [0.5, 0.6) is 5.75 Å². The van der Waals surface area contributed by atoms with Crippen LogP contribution in [0.3, 0.4) is 0 Å². The van der Waals surface area contributed by atoms with E-state index >= 15 is 0 Å². The third-order valence-electron chi connectivity index (χ3n) is 7.22. The minimum Gasteiger partial charge on any atom is -0.424 e. The first-order chi connectivity index (χ1) is 20.4. The maximum Gasteiger partial charge on any atom is 0.394 e. The Morgan fingerprint density at radius 1 is 0.955 bits per heavy atom. The standard InChI is InChI=1S/C32H36F2O8S2/c1-21-16-27(17-22(2)29(21)42-28(35)18-39-23(3)32(33,34)44(36,37)38)43(25-10-8-7-9-11-25)26-14-12-24(13-15-26)31(6)40-19-30(4,5)20-41-31/h7-17,23H,18-20H2,1-6H3/p+1. The van der Waals surface area contributed by atoms with Crippen molar-refractivity contribution in [3.05, 3.63) is 83.4 Å². The van der Waals surface area contributed by atoms with Crippen molar-refractivity contribution >= 4 is 27.0 Å². The van der Waals surface area contributed by atoms with Crippen molar-refractivity contribution in [3.63, 3.8) is 0 Å². The maximum atomic E-state index is 13.8. The predicted octanol–water partition coefficient (Wildman–Crippen LogP) is 6.44. The number of ether oxygens (including phenoxy) is 4. The number of carbonyl (C=O) groups excluding carboxylic acids is 1. The first-order valence-electron chi connectivity index (χ1n) is 13.9. The first-order valence-corrected chi connectivity index (χ1v) is 16.6. The number of esters is 1. The third-order valence-corrected chi connectivity index (χ3v) is 10.4. The van der Waals surface area contributed by atoms with Crippen LogP contribution in [0, 0.1) is 19.3 Å². The summed E-state index contributed by atoms with van der Waals surface area (Å²) in [5, 5.41) is -4.59. The second-order valence-corrected chi connectivity index (χ2v) is 15.2. The fraction of sp³-hybridized carbons (Fsp3) is 0.406. The Labute approximate surface area is 259 Å². The number of benzene rings is 3. The molecule has 0 bridgehead atoms. The molecule has 0 radical (unpaired) electrons. The summed E-state index contributed by atoms with van der Waals surface area (Å²) in [7, 11) is -6.25. The molecule has 1 N–H and O–H groups in total. The van der Waals surface area contributed by atoms with Gasteiger partial charge in [0.2, 0.25) is 0 Å². The molecule has 1 aliphatic rings. The minimum absolute atomic E-state index is 0.0569. The van der Waals surface area contributed by atoms with Gasteiger partial charge >= 0.3 is 21.3 Å². The van der Waals surface area contributed by atoms with Gasteiger partial charge in [0.05, 0.1) is 24.1 Å². The second kappa shape index (κ2) is 12.9. The first kappa shape index (κ1) is 34.0. The molecule has 8 nitrogen and oxygen atoms in total. The van der Waals surface area contributed by atoms with Gasteiger partial charge in [-0.15, -0.1) is 0 Å². The summed E-state index contributed by atoms with van der Waals surface area (Å²) < 4.78 is 80.6. The van der Waals surface area contributed by atoms with Gasteiger partial charge in [-0.05, 0) is 75.2 Å². The molecular formula is C32H37F2O8S2+. The van der Waals surface area contributed by atoms with Gasteiger partial charge in [0.1, 0.15) is 18.5 Å². The molecule has 3 aromatic carbocycles. The van der Waals surface area contributed by atoms with Crippen molar-refractivity contribution < 1.29 is 45.5 Å². The molecule has 3 aromatic rings. The zero-order chi connectivity index (χ0) is 32.5. The molecule has 4 rings (SSSR count). The molecule has 0 aromatic heterocycles. The van der Waals surface area contributed by atoms with Crippen molar-refractivity contribution in [1.29, 1.82) is 0 Å². The van der Waals surface area contributed by atoms with Crippen LogP contribution in [-0.2, 0) is 45.8 Å². The lowest BCUT2D eigenvalue weighted by atomic mass is 9.94.